The average Bonchev–Trinajstić information content (AvgIpc) is 2.76. The molecule has 3 heterocycles. The number of hydrogen-bond acceptors (Lipinski definition) is 4. The Morgan fingerprint density at radius 3 is 2.54 bits per heavy atom. The third kappa shape index (κ3) is 3.74. The maximum Gasteiger partial charge on any atom is 0.253 e. The molecule has 1 saturated heterocycles. The number of pyridine rings is 2. The Balaban J connectivity index is 1.48. The van der Waals surface area contributed by atoms with Gasteiger partial charge in [0.15, 0.2) is 0 Å². The average molecular weight is 372 g/mol. The summed E-state index contributed by atoms with van der Waals surface area (Å²) in [4.78, 5) is 23.3. The van der Waals surface area contributed by atoms with Gasteiger partial charge in [0.1, 0.15) is 5.82 Å². The lowest BCUT2D eigenvalue weighted by Gasteiger charge is -2.32. The van der Waals surface area contributed by atoms with Gasteiger partial charge in [0.05, 0.1) is 0 Å². The van der Waals surface area contributed by atoms with Crippen LogP contribution in [0.1, 0.15) is 40.2 Å². The van der Waals surface area contributed by atoms with Crippen molar-refractivity contribution < 1.29 is 4.79 Å². The maximum atomic E-state index is 13.0. The van der Waals surface area contributed by atoms with Crippen LogP contribution in [0.3, 0.4) is 0 Å². The van der Waals surface area contributed by atoms with Crippen LogP contribution in [0.4, 0.5) is 5.82 Å². The Kier molecular flexibility index (Phi) is 5.06. The molecule has 2 N–H and O–H groups in total. The van der Waals surface area contributed by atoms with Gasteiger partial charge in [-0.25, -0.2) is 4.98 Å². The van der Waals surface area contributed by atoms with Crippen LogP contribution in [0.2, 0.25) is 0 Å². The van der Waals surface area contributed by atoms with Crippen molar-refractivity contribution in [1.29, 1.82) is 0 Å². The standard InChI is InChI=1S/C23H24N4O/c1-16-13-21(15-26-22(16)24)19-3-2-4-20(14-19)23(28)27-11-7-18(8-12-27)17-5-9-25-10-6-17/h2-6,9-10,13-15,18H,7-8,11-12H2,1H3,(H2,24,26). The lowest BCUT2D eigenvalue weighted by atomic mass is 9.90. The number of nitrogen functional groups attached to an aromatic ring is 1. The van der Waals surface area contributed by atoms with Crippen LogP contribution in [0.15, 0.2) is 61.1 Å². The number of amides is 1. The van der Waals surface area contributed by atoms with Gasteiger partial charge < -0.3 is 10.6 Å². The predicted octanol–water partition coefficient (Wildman–Crippen LogP) is 4.05. The van der Waals surface area contributed by atoms with E-state index >= 15 is 0 Å². The van der Waals surface area contributed by atoms with E-state index in [9.17, 15) is 4.79 Å². The Hall–Kier alpha value is -3.21. The molecule has 0 bridgehead atoms. The summed E-state index contributed by atoms with van der Waals surface area (Å²) in [5, 5.41) is 0. The van der Waals surface area contributed by atoms with Gasteiger partial charge in [0, 0.05) is 42.8 Å². The van der Waals surface area contributed by atoms with Gasteiger partial charge in [-0.3, -0.25) is 9.78 Å². The number of hydrogen-bond donors (Lipinski definition) is 1. The van der Waals surface area contributed by atoms with Crippen molar-refractivity contribution in [2.45, 2.75) is 25.7 Å². The Morgan fingerprint density at radius 2 is 1.82 bits per heavy atom. The fraction of sp³-hybridized carbons (Fsp3) is 0.261. The summed E-state index contributed by atoms with van der Waals surface area (Å²) in [6.45, 7) is 3.49. The highest BCUT2D eigenvalue weighted by Crippen LogP contribution is 2.29. The lowest BCUT2D eigenvalue weighted by Crippen LogP contribution is -2.37. The summed E-state index contributed by atoms with van der Waals surface area (Å²) < 4.78 is 0. The molecule has 0 radical (unpaired) electrons. The Labute approximate surface area is 165 Å². The number of aryl methyl sites for hydroxylation is 1. The summed E-state index contributed by atoms with van der Waals surface area (Å²) in [6, 6.07) is 13.9. The van der Waals surface area contributed by atoms with E-state index in [1.54, 1.807) is 6.20 Å². The number of carbonyl (C=O) groups excluding carboxylic acids is 1. The molecule has 0 atom stereocenters. The van der Waals surface area contributed by atoms with Gasteiger partial charge in [-0.15, -0.1) is 0 Å². The largest absolute Gasteiger partial charge is 0.383 e. The van der Waals surface area contributed by atoms with Crippen LogP contribution in [0, 0.1) is 6.92 Å². The van der Waals surface area contributed by atoms with Crippen LogP contribution in [0.25, 0.3) is 11.1 Å². The quantitative estimate of drug-likeness (QED) is 0.753. The third-order valence-electron chi connectivity index (χ3n) is 5.52. The Morgan fingerprint density at radius 1 is 1.07 bits per heavy atom. The van der Waals surface area contributed by atoms with E-state index in [0.29, 0.717) is 17.3 Å². The first-order valence-electron chi connectivity index (χ1n) is 9.63. The van der Waals surface area contributed by atoms with Gasteiger partial charge in [-0.1, -0.05) is 12.1 Å². The second-order valence-corrected chi connectivity index (χ2v) is 7.35. The van der Waals surface area contributed by atoms with E-state index < -0.39 is 0 Å². The van der Waals surface area contributed by atoms with Gasteiger partial charge in [-0.05, 0) is 72.7 Å². The van der Waals surface area contributed by atoms with Gasteiger partial charge >= 0.3 is 0 Å². The maximum absolute atomic E-state index is 13.0. The zero-order valence-electron chi connectivity index (χ0n) is 16.0. The summed E-state index contributed by atoms with van der Waals surface area (Å²) in [6.07, 6.45) is 7.40. The highest BCUT2D eigenvalue weighted by molar-refractivity contribution is 5.95. The molecule has 2 aromatic heterocycles. The lowest BCUT2D eigenvalue weighted by molar-refractivity contribution is 0.0713. The molecule has 1 aromatic carbocycles. The molecule has 5 nitrogen and oxygen atoms in total. The second kappa shape index (κ2) is 7.80. The molecule has 0 saturated carbocycles. The number of aromatic nitrogens is 2. The number of benzene rings is 1. The van der Waals surface area contributed by atoms with Crippen LogP contribution >= 0.6 is 0 Å². The van der Waals surface area contributed by atoms with Crippen molar-refractivity contribution in [3.63, 3.8) is 0 Å². The third-order valence-corrected chi connectivity index (χ3v) is 5.52. The molecule has 4 rings (SSSR count). The van der Waals surface area contributed by atoms with Crippen molar-refractivity contribution >= 4 is 11.7 Å². The summed E-state index contributed by atoms with van der Waals surface area (Å²) >= 11 is 0. The first-order valence-corrected chi connectivity index (χ1v) is 9.63. The topological polar surface area (TPSA) is 72.1 Å². The van der Waals surface area contributed by atoms with Crippen LogP contribution in [0.5, 0.6) is 0 Å². The number of nitrogens with two attached hydrogens (primary N) is 1. The number of likely N-dealkylation sites (tertiary alicyclic amines) is 1. The van der Waals surface area contributed by atoms with Crippen molar-refractivity contribution in [2.24, 2.45) is 0 Å². The van der Waals surface area contributed by atoms with E-state index in [-0.39, 0.29) is 5.91 Å². The number of anilines is 1. The van der Waals surface area contributed by atoms with Gasteiger partial charge in [0.2, 0.25) is 0 Å². The SMILES string of the molecule is Cc1cc(-c2cccc(C(=O)N3CCC(c4ccncc4)CC3)c2)cnc1N. The molecule has 1 fully saturated rings. The number of piperidine rings is 1. The summed E-state index contributed by atoms with van der Waals surface area (Å²) in [5.74, 6) is 1.13. The van der Waals surface area contributed by atoms with Crippen molar-refractivity contribution in [3.05, 3.63) is 77.7 Å². The molecule has 1 aliphatic rings. The highest BCUT2D eigenvalue weighted by atomic mass is 16.2. The van der Waals surface area contributed by atoms with Gasteiger partial charge in [0.25, 0.3) is 5.91 Å². The minimum atomic E-state index is 0.0927. The summed E-state index contributed by atoms with van der Waals surface area (Å²) in [5.41, 5.74) is 10.7. The predicted molar refractivity (Wildman–Crippen MR) is 111 cm³/mol. The molecule has 0 spiro atoms. The smallest absolute Gasteiger partial charge is 0.253 e. The Bertz CT molecular complexity index is 979. The molecule has 1 aliphatic heterocycles. The van der Waals surface area contributed by atoms with Gasteiger partial charge in [-0.2, -0.15) is 0 Å². The molecule has 0 aliphatic carbocycles. The monoisotopic (exact) mass is 372 g/mol. The highest BCUT2D eigenvalue weighted by Gasteiger charge is 2.24. The van der Waals surface area contributed by atoms with Crippen LogP contribution < -0.4 is 5.73 Å². The molecule has 5 heteroatoms. The van der Waals surface area contributed by atoms with E-state index in [2.05, 4.69) is 22.1 Å². The molecule has 0 unspecified atom stereocenters. The minimum Gasteiger partial charge on any atom is -0.383 e. The zero-order valence-corrected chi connectivity index (χ0v) is 16.0. The fourth-order valence-electron chi connectivity index (χ4n) is 3.81. The second-order valence-electron chi connectivity index (χ2n) is 7.35. The molecule has 28 heavy (non-hydrogen) atoms. The van der Waals surface area contributed by atoms with E-state index in [1.165, 1.54) is 5.56 Å². The molecule has 3 aromatic rings. The van der Waals surface area contributed by atoms with Crippen LogP contribution in [-0.4, -0.2) is 33.9 Å². The first kappa shape index (κ1) is 18.2. The minimum absolute atomic E-state index is 0.0927. The first-order chi connectivity index (χ1) is 13.6. The number of rotatable bonds is 3. The number of nitrogens with zero attached hydrogens (tertiary/aromatic N) is 3. The fourth-order valence-corrected chi connectivity index (χ4v) is 3.81. The summed E-state index contributed by atoms with van der Waals surface area (Å²) in [7, 11) is 0. The number of carbonyl (C=O) groups is 1. The van der Waals surface area contributed by atoms with Crippen molar-refractivity contribution in [1.82, 2.24) is 14.9 Å². The molecule has 142 valence electrons. The molecular weight excluding hydrogens is 348 g/mol. The van der Waals surface area contributed by atoms with E-state index in [0.717, 1.165) is 42.6 Å². The molecular formula is C23H24N4O. The normalized spacial score (nSPS) is 14.8. The van der Waals surface area contributed by atoms with Crippen molar-refractivity contribution in [2.75, 3.05) is 18.8 Å². The van der Waals surface area contributed by atoms with E-state index in [1.807, 2.05) is 54.5 Å². The van der Waals surface area contributed by atoms with Crippen molar-refractivity contribution in [3.8, 4) is 11.1 Å². The van der Waals surface area contributed by atoms with E-state index in [4.69, 9.17) is 5.73 Å². The zero-order chi connectivity index (χ0) is 19.5. The van der Waals surface area contributed by atoms with Crippen LogP contribution in [-0.2, 0) is 0 Å². The molecule has 1 amide bonds.